The molecule has 0 unspecified atom stereocenters. The van der Waals surface area contributed by atoms with Crippen molar-refractivity contribution < 1.29 is 9.59 Å². The van der Waals surface area contributed by atoms with Crippen molar-refractivity contribution in [2.75, 3.05) is 0 Å². The number of halogens is 1. The molecule has 0 bridgehead atoms. The molecule has 2 amide bonds. The first-order valence-electron chi connectivity index (χ1n) is 5.02. The van der Waals surface area contributed by atoms with Crippen molar-refractivity contribution >= 4 is 27.7 Å². The first-order chi connectivity index (χ1) is 7.50. The van der Waals surface area contributed by atoms with Gasteiger partial charge in [-0.2, -0.15) is 5.10 Å². The van der Waals surface area contributed by atoms with Crippen molar-refractivity contribution in [3.8, 4) is 0 Å². The topological polar surface area (TPSA) is 55.2 Å². The Morgan fingerprint density at radius 1 is 1.31 bits per heavy atom. The van der Waals surface area contributed by atoms with Crippen LogP contribution in [-0.4, -0.2) is 26.5 Å². The minimum Gasteiger partial charge on any atom is -0.276 e. The summed E-state index contributed by atoms with van der Waals surface area (Å²) in [6.45, 7) is 2.18. The number of amides is 2. The van der Waals surface area contributed by atoms with Crippen molar-refractivity contribution in [1.29, 1.82) is 0 Å². The summed E-state index contributed by atoms with van der Waals surface area (Å²) in [5, 5.41) is 4.22. The minimum atomic E-state index is -0.101. The smallest absolute Gasteiger partial charge is 0.230 e. The van der Waals surface area contributed by atoms with Gasteiger partial charge in [0.05, 0.1) is 22.4 Å². The van der Waals surface area contributed by atoms with Gasteiger partial charge in [-0.25, -0.2) is 0 Å². The number of carbonyl (C=O) groups excluding carboxylic acids is 2. The van der Waals surface area contributed by atoms with E-state index >= 15 is 0 Å². The van der Waals surface area contributed by atoms with Gasteiger partial charge in [0.2, 0.25) is 11.8 Å². The van der Waals surface area contributed by atoms with Gasteiger partial charge in [-0.15, -0.1) is 0 Å². The first-order valence-corrected chi connectivity index (χ1v) is 5.81. The van der Waals surface area contributed by atoms with E-state index < -0.39 is 0 Å². The van der Waals surface area contributed by atoms with E-state index in [9.17, 15) is 9.59 Å². The van der Waals surface area contributed by atoms with Gasteiger partial charge in [-0.3, -0.25) is 19.2 Å². The lowest BCUT2D eigenvalue weighted by molar-refractivity contribution is -0.139. The summed E-state index contributed by atoms with van der Waals surface area (Å²) in [4.78, 5) is 24.3. The van der Waals surface area contributed by atoms with Crippen LogP contribution in [-0.2, 0) is 23.2 Å². The molecule has 0 aliphatic carbocycles. The van der Waals surface area contributed by atoms with Gasteiger partial charge in [-0.1, -0.05) is 0 Å². The molecule has 2 rings (SSSR count). The Bertz CT molecular complexity index is 451. The predicted molar refractivity (Wildman–Crippen MR) is 60.4 cm³/mol. The predicted octanol–water partition coefficient (Wildman–Crippen LogP) is 1.14. The molecular formula is C10H12BrN3O2. The summed E-state index contributed by atoms with van der Waals surface area (Å²) in [6.07, 6.45) is 0.653. The first kappa shape index (κ1) is 11.3. The van der Waals surface area contributed by atoms with Crippen LogP contribution in [0.4, 0.5) is 0 Å². The summed E-state index contributed by atoms with van der Waals surface area (Å²) in [7, 11) is 1.80. The fourth-order valence-corrected chi connectivity index (χ4v) is 2.26. The molecule has 0 N–H and O–H groups in total. The largest absolute Gasteiger partial charge is 0.276 e. The van der Waals surface area contributed by atoms with Crippen molar-refractivity contribution in [2.45, 2.75) is 26.3 Å². The van der Waals surface area contributed by atoms with Crippen LogP contribution in [0.1, 0.15) is 24.2 Å². The Balaban J connectivity index is 2.27. The van der Waals surface area contributed by atoms with Gasteiger partial charge < -0.3 is 0 Å². The molecule has 86 valence electrons. The highest BCUT2D eigenvalue weighted by molar-refractivity contribution is 9.10. The number of hydrogen-bond acceptors (Lipinski definition) is 3. The van der Waals surface area contributed by atoms with E-state index in [2.05, 4.69) is 21.0 Å². The number of likely N-dealkylation sites (tertiary alicyclic amines) is 1. The van der Waals surface area contributed by atoms with Crippen LogP contribution >= 0.6 is 15.9 Å². The molecule has 0 atom stereocenters. The number of nitrogens with zero attached hydrogens (tertiary/aromatic N) is 3. The van der Waals surface area contributed by atoms with Crippen LogP contribution in [0.3, 0.4) is 0 Å². The van der Waals surface area contributed by atoms with Gasteiger partial charge in [0, 0.05) is 19.9 Å². The van der Waals surface area contributed by atoms with E-state index in [1.54, 1.807) is 11.7 Å². The van der Waals surface area contributed by atoms with Crippen LogP contribution in [0, 0.1) is 6.92 Å². The van der Waals surface area contributed by atoms with Gasteiger partial charge in [-0.05, 0) is 22.9 Å². The molecule has 1 saturated heterocycles. The molecule has 0 aromatic carbocycles. The molecule has 1 aromatic heterocycles. The zero-order valence-electron chi connectivity index (χ0n) is 9.16. The maximum absolute atomic E-state index is 11.5. The fraction of sp³-hybridized carbons (Fsp3) is 0.500. The van der Waals surface area contributed by atoms with Crippen molar-refractivity contribution in [3.05, 3.63) is 15.9 Å². The highest BCUT2D eigenvalue weighted by Gasteiger charge is 2.30. The molecule has 0 saturated carbocycles. The van der Waals surface area contributed by atoms with Gasteiger partial charge in [0.25, 0.3) is 0 Å². The quantitative estimate of drug-likeness (QED) is 0.766. The molecule has 0 radical (unpaired) electrons. The number of carbonyl (C=O) groups is 2. The number of hydrogen-bond donors (Lipinski definition) is 0. The number of aromatic nitrogens is 2. The Morgan fingerprint density at radius 2 is 1.88 bits per heavy atom. The van der Waals surface area contributed by atoms with Crippen LogP contribution in [0.2, 0.25) is 0 Å². The van der Waals surface area contributed by atoms with E-state index in [1.807, 2.05) is 6.92 Å². The third-order valence-electron chi connectivity index (χ3n) is 2.72. The SMILES string of the molecule is Cc1nn(C)c(CN2C(=O)CCC2=O)c1Br. The maximum atomic E-state index is 11.5. The Hall–Kier alpha value is -1.17. The molecule has 6 heteroatoms. The summed E-state index contributed by atoms with van der Waals surface area (Å²) in [6, 6.07) is 0. The summed E-state index contributed by atoms with van der Waals surface area (Å²) in [5.41, 5.74) is 1.71. The van der Waals surface area contributed by atoms with E-state index in [4.69, 9.17) is 0 Å². The zero-order valence-corrected chi connectivity index (χ0v) is 10.7. The van der Waals surface area contributed by atoms with E-state index in [0.29, 0.717) is 19.4 Å². The van der Waals surface area contributed by atoms with Crippen molar-refractivity contribution in [1.82, 2.24) is 14.7 Å². The van der Waals surface area contributed by atoms with Crippen LogP contribution in [0.25, 0.3) is 0 Å². The third-order valence-corrected chi connectivity index (χ3v) is 3.76. The van der Waals surface area contributed by atoms with E-state index in [-0.39, 0.29) is 11.8 Å². The summed E-state index contributed by atoms with van der Waals surface area (Å²) < 4.78 is 2.56. The molecule has 16 heavy (non-hydrogen) atoms. The van der Waals surface area contributed by atoms with Crippen LogP contribution in [0.15, 0.2) is 4.47 Å². The lowest BCUT2D eigenvalue weighted by Gasteiger charge is -2.13. The van der Waals surface area contributed by atoms with Gasteiger partial charge >= 0.3 is 0 Å². The van der Waals surface area contributed by atoms with Crippen molar-refractivity contribution in [3.63, 3.8) is 0 Å². The number of aryl methyl sites for hydroxylation is 2. The fourth-order valence-electron chi connectivity index (χ4n) is 1.80. The summed E-state index contributed by atoms with van der Waals surface area (Å²) in [5.74, 6) is -0.202. The molecule has 1 aliphatic heterocycles. The molecule has 1 aliphatic rings. The molecular weight excluding hydrogens is 274 g/mol. The second kappa shape index (κ2) is 4.01. The molecule has 0 spiro atoms. The lowest BCUT2D eigenvalue weighted by Crippen LogP contribution is -2.29. The monoisotopic (exact) mass is 285 g/mol. The number of imide groups is 1. The molecule has 1 fully saturated rings. The second-order valence-electron chi connectivity index (χ2n) is 3.84. The van der Waals surface area contributed by atoms with Crippen LogP contribution < -0.4 is 0 Å². The molecule has 1 aromatic rings. The highest BCUT2D eigenvalue weighted by Crippen LogP contribution is 2.24. The minimum absolute atomic E-state index is 0.101. The van der Waals surface area contributed by atoms with E-state index in [1.165, 1.54) is 4.90 Å². The second-order valence-corrected chi connectivity index (χ2v) is 4.64. The average molecular weight is 286 g/mol. The van der Waals surface area contributed by atoms with Gasteiger partial charge in [0.15, 0.2) is 0 Å². The average Bonchev–Trinajstić information content (AvgIpc) is 2.65. The van der Waals surface area contributed by atoms with Crippen LogP contribution in [0.5, 0.6) is 0 Å². The number of rotatable bonds is 2. The zero-order chi connectivity index (χ0) is 11.9. The normalized spacial score (nSPS) is 16.3. The lowest BCUT2D eigenvalue weighted by atomic mass is 10.3. The van der Waals surface area contributed by atoms with Gasteiger partial charge in [0.1, 0.15) is 0 Å². The third kappa shape index (κ3) is 1.77. The summed E-state index contributed by atoms with van der Waals surface area (Å²) >= 11 is 3.42. The highest BCUT2D eigenvalue weighted by atomic mass is 79.9. The Morgan fingerprint density at radius 3 is 2.31 bits per heavy atom. The molecule has 2 heterocycles. The van der Waals surface area contributed by atoms with E-state index in [0.717, 1.165) is 15.9 Å². The van der Waals surface area contributed by atoms with Crippen molar-refractivity contribution in [2.24, 2.45) is 7.05 Å². The Kier molecular flexibility index (Phi) is 2.84. The maximum Gasteiger partial charge on any atom is 0.230 e. The standard InChI is InChI=1S/C10H12BrN3O2/c1-6-10(11)7(13(2)12-6)5-14-8(15)3-4-9(14)16/h3-5H2,1-2H3. The Labute approximate surface area is 102 Å². The molecule has 5 nitrogen and oxygen atoms in total.